The van der Waals surface area contributed by atoms with Gasteiger partial charge in [0.25, 0.3) is 0 Å². The largest absolute Gasteiger partial charge is 0.419 e. The van der Waals surface area contributed by atoms with Crippen LogP contribution in [0.5, 0.6) is 0 Å². The fraction of sp³-hybridized carbons (Fsp3) is 0.0556. The standard InChI is InChI=1S/C18H12FN3O2S/c19-11-5-3-4-10(8-11)17-21-22-18(24-17)16(25)13-9-15(23)20-14-7-2-1-6-12(13)14/h1-9,16,25H,(H,20,23). The molecule has 2 heterocycles. The molecule has 0 fully saturated rings. The zero-order chi connectivity index (χ0) is 17.4. The molecule has 4 aromatic rings. The number of pyridine rings is 1. The van der Waals surface area contributed by atoms with Gasteiger partial charge in [0.1, 0.15) is 11.1 Å². The van der Waals surface area contributed by atoms with E-state index in [0.29, 0.717) is 16.6 Å². The van der Waals surface area contributed by atoms with Crippen molar-refractivity contribution in [3.8, 4) is 11.5 Å². The maximum atomic E-state index is 13.4. The first-order valence-corrected chi connectivity index (χ1v) is 8.03. The average Bonchev–Trinajstić information content (AvgIpc) is 3.10. The lowest BCUT2D eigenvalue weighted by molar-refractivity contribution is 0.515. The van der Waals surface area contributed by atoms with Crippen LogP contribution in [-0.2, 0) is 0 Å². The van der Waals surface area contributed by atoms with Crippen LogP contribution in [0.1, 0.15) is 16.7 Å². The molecule has 0 saturated heterocycles. The van der Waals surface area contributed by atoms with Crippen molar-refractivity contribution in [3.63, 3.8) is 0 Å². The Bertz CT molecular complexity index is 1120. The van der Waals surface area contributed by atoms with E-state index in [-0.39, 0.29) is 23.2 Å². The molecule has 4 rings (SSSR count). The summed E-state index contributed by atoms with van der Waals surface area (Å²) in [7, 11) is 0. The van der Waals surface area contributed by atoms with Crippen molar-refractivity contribution in [1.29, 1.82) is 0 Å². The van der Waals surface area contributed by atoms with E-state index in [0.717, 1.165) is 5.39 Å². The molecule has 2 aromatic heterocycles. The van der Waals surface area contributed by atoms with Gasteiger partial charge in [0.15, 0.2) is 0 Å². The van der Waals surface area contributed by atoms with Crippen LogP contribution in [0.2, 0.25) is 0 Å². The summed E-state index contributed by atoms with van der Waals surface area (Å²) in [5.74, 6) is 0.0429. The number of rotatable bonds is 3. The van der Waals surface area contributed by atoms with E-state index in [9.17, 15) is 9.18 Å². The van der Waals surface area contributed by atoms with E-state index < -0.39 is 5.25 Å². The Morgan fingerprint density at radius 3 is 2.76 bits per heavy atom. The molecule has 1 unspecified atom stereocenters. The van der Waals surface area contributed by atoms with Crippen LogP contribution >= 0.6 is 12.6 Å². The van der Waals surface area contributed by atoms with Gasteiger partial charge in [-0.2, -0.15) is 12.6 Å². The second-order valence-corrected chi connectivity index (χ2v) is 6.01. The number of para-hydroxylation sites is 1. The van der Waals surface area contributed by atoms with Gasteiger partial charge in [0.2, 0.25) is 17.3 Å². The number of fused-ring (bicyclic) bond motifs is 1. The number of halogens is 1. The molecule has 0 aliphatic rings. The molecule has 1 atom stereocenters. The van der Waals surface area contributed by atoms with Crippen molar-refractivity contribution < 1.29 is 8.81 Å². The Hall–Kier alpha value is -2.93. The Morgan fingerprint density at radius 2 is 1.92 bits per heavy atom. The molecule has 0 saturated carbocycles. The molecule has 0 radical (unpaired) electrons. The smallest absolute Gasteiger partial charge is 0.248 e. The summed E-state index contributed by atoms with van der Waals surface area (Å²) >= 11 is 4.56. The third-order valence-electron chi connectivity index (χ3n) is 3.82. The minimum absolute atomic E-state index is 0.197. The Labute approximate surface area is 146 Å². The van der Waals surface area contributed by atoms with Gasteiger partial charge in [-0.3, -0.25) is 4.79 Å². The number of aromatic nitrogens is 3. The number of hydrogen-bond donors (Lipinski definition) is 2. The highest BCUT2D eigenvalue weighted by atomic mass is 32.1. The number of benzene rings is 2. The molecule has 0 amide bonds. The third kappa shape index (κ3) is 2.94. The summed E-state index contributed by atoms with van der Waals surface area (Å²) in [6.07, 6.45) is 0. The maximum absolute atomic E-state index is 13.4. The Kier molecular flexibility index (Phi) is 3.85. The van der Waals surface area contributed by atoms with Gasteiger partial charge < -0.3 is 9.40 Å². The van der Waals surface area contributed by atoms with Crippen molar-refractivity contribution in [2.24, 2.45) is 0 Å². The fourth-order valence-corrected chi connectivity index (χ4v) is 2.99. The molecule has 2 aromatic carbocycles. The van der Waals surface area contributed by atoms with Gasteiger partial charge in [-0.05, 0) is 29.8 Å². The molecule has 0 aliphatic heterocycles. The quantitative estimate of drug-likeness (QED) is 0.551. The topological polar surface area (TPSA) is 71.8 Å². The zero-order valence-corrected chi connectivity index (χ0v) is 13.7. The molecule has 0 bridgehead atoms. The first kappa shape index (κ1) is 15.6. The number of nitrogens with one attached hydrogen (secondary N) is 1. The lowest BCUT2D eigenvalue weighted by atomic mass is 10.1. The summed E-state index contributed by atoms with van der Waals surface area (Å²) in [5.41, 5.74) is 1.61. The average molecular weight is 353 g/mol. The van der Waals surface area contributed by atoms with Crippen LogP contribution < -0.4 is 5.56 Å². The Morgan fingerprint density at radius 1 is 1.08 bits per heavy atom. The highest BCUT2D eigenvalue weighted by molar-refractivity contribution is 7.80. The molecule has 1 N–H and O–H groups in total. The van der Waals surface area contributed by atoms with Crippen LogP contribution in [0.3, 0.4) is 0 Å². The van der Waals surface area contributed by atoms with Crippen molar-refractivity contribution in [2.75, 3.05) is 0 Å². The second kappa shape index (κ2) is 6.18. The van der Waals surface area contributed by atoms with Crippen LogP contribution in [0.15, 0.2) is 63.8 Å². The first-order chi connectivity index (χ1) is 12.1. The van der Waals surface area contributed by atoms with Crippen LogP contribution in [0.25, 0.3) is 22.4 Å². The molecule has 124 valence electrons. The van der Waals surface area contributed by atoms with Crippen LogP contribution in [0, 0.1) is 5.82 Å². The van der Waals surface area contributed by atoms with Crippen molar-refractivity contribution in [3.05, 3.63) is 82.2 Å². The summed E-state index contributed by atoms with van der Waals surface area (Å²) in [5, 5.41) is 8.22. The highest BCUT2D eigenvalue weighted by Gasteiger charge is 2.20. The predicted octanol–water partition coefficient (Wildman–Crippen LogP) is 3.74. The van der Waals surface area contributed by atoms with E-state index in [1.54, 1.807) is 12.1 Å². The SMILES string of the molecule is O=c1cc(C(S)c2nnc(-c3cccc(F)c3)o2)c2ccccc2[nH]1. The number of hydrogen-bond acceptors (Lipinski definition) is 5. The van der Waals surface area contributed by atoms with Gasteiger partial charge in [-0.1, -0.05) is 24.3 Å². The van der Waals surface area contributed by atoms with E-state index in [4.69, 9.17) is 4.42 Å². The molecule has 0 spiro atoms. The van der Waals surface area contributed by atoms with Crippen molar-refractivity contribution in [2.45, 2.75) is 5.25 Å². The molecule has 0 aliphatic carbocycles. The van der Waals surface area contributed by atoms with Crippen molar-refractivity contribution in [1.82, 2.24) is 15.2 Å². The Balaban J connectivity index is 1.78. The van der Waals surface area contributed by atoms with Gasteiger partial charge in [-0.25, -0.2) is 4.39 Å². The molecular formula is C18H12FN3O2S. The second-order valence-electron chi connectivity index (χ2n) is 5.49. The number of nitrogens with zero attached hydrogens (tertiary/aromatic N) is 2. The summed E-state index contributed by atoms with van der Waals surface area (Å²) in [4.78, 5) is 14.7. The van der Waals surface area contributed by atoms with E-state index in [1.165, 1.54) is 18.2 Å². The summed E-state index contributed by atoms with van der Waals surface area (Å²) in [6.45, 7) is 0. The lowest BCUT2D eigenvalue weighted by Crippen LogP contribution is -2.08. The molecule has 7 heteroatoms. The number of aromatic amines is 1. The first-order valence-electron chi connectivity index (χ1n) is 7.51. The predicted molar refractivity (Wildman–Crippen MR) is 95.1 cm³/mol. The summed E-state index contributed by atoms with van der Waals surface area (Å²) in [6, 6.07) is 14.8. The maximum Gasteiger partial charge on any atom is 0.248 e. The molecular weight excluding hydrogens is 341 g/mol. The van der Waals surface area contributed by atoms with E-state index in [1.807, 2.05) is 24.3 Å². The fourth-order valence-electron chi connectivity index (χ4n) is 2.67. The van der Waals surface area contributed by atoms with Gasteiger partial charge >= 0.3 is 0 Å². The molecule has 25 heavy (non-hydrogen) atoms. The minimum atomic E-state index is -0.581. The highest BCUT2D eigenvalue weighted by Crippen LogP contribution is 2.32. The van der Waals surface area contributed by atoms with E-state index in [2.05, 4.69) is 27.8 Å². The van der Waals surface area contributed by atoms with Crippen molar-refractivity contribution >= 4 is 23.5 Å². The van der Waals surface area contributed by atoms with Gasteiger partial charge in [0, 0.05) is 22.5 Å². The number of thiol groups is 1. The van der Waals surface area contributed by atoms with E-state index >= 15 is 0 Å². The van der Waals surface area contributed by atoms with Crippen LogP contribution in [0.4, 0.5) is 4.39 Å². The van der Waals surface area contributed by atoms with Gasteiger partial charge in [0.05, 0.1) is 0 Å². The third-order valence-corrected chi connectivity index (χ3v) is 4.32. The molecule has 5 nitrogen and oxygen atoms in total. The van der Waals surface area contributed by atoms with Gasteiger partial charge in [-0.15, -0.1) is 10.2 Å². The minimum Gasteiger partial charge on any atom is -0.419 e. The number of H-pyrrole nitrogens is 1. The summed E-state index contributed by atoms with van der Waals surface area (Å²) < 4.78 is 19.0. The lowest BCUT2D eigenvalue weighted by Gasteiger charge is -2.09. The normalized spacial score (nSPS) is 12.4. The van der Waals surface area contributed by atoms with Crippen LogP contribution in [-0.4, -0.2) is 15.2 Å². The monoisotopic (exact) mass is 353 g/mol. The zero-order valence-electron chi connectivity index (χ0n) is 12.8.